The van der Waals surface area contributed by atoms with E-state index in [0.29, 0.717) is 64.3 Å². The van der Waals surface area contributed by atoms with Crippen LogP contribution >= 0.6 is 0 Å². The highest BCUT2D eigenvalue weighted by Crippen LogP contribution is 2.30. The predicted molar refractivity (Wildman–Crippen MR) is 146 cm³/mol. The standard InChI is InChI=1S/C29H29FN6O3/c1-17(14-18-6-2-3-7-21(18)30)32-22-8-9-31-27(37)25(22)26-33-23-15-19-20(16-24(23)34-26)29(39)36(28(19)38)13-12-35-10-4-5-11-35/h2-3,6-9,15-17H,4-5,10-14H2,1H3,(H,33,34)(H2,31,32,37). The fourth-order valence-corrected chi connectivity index (χ4v) is 5.51. The monoisotopic (exact) mass is 528 g/mol. The zero-order chi connectivity index (χ0) is 27.1. The summed E-state index contributed by atoms with van der Waals surface area (Å²) < 4.78 is 14.2. The number of carbonyl (C=O) groups is 2. The number of imide groups is 1. The Kier molecular flexibility index (Phi) is 6.48. The van der Waals surface area contributed by atoms with Crippen molar-refractivity contribution in [2.75, 3.05) is 31.5 Å². The Morgan fingerprint density at radius 1 is 1.03 bits per heavy atom. The molecule has 4 heterocycles. The van der Waals surface area contributed by atoms with Crippen LogP contribution in [0.3, 0.4) is 0 Å². The topological polar surface area (TPSA) is 114 Å². The average molecular weight is 529 g/mol. The van der Waals surface area contributed by atoms with Gasteiger partial charge in [0.1, 0.15) is 17.2 Å². The number of aromatic nitrogens is 3. The van der Waals surface area contributed by atoms with Crippen LogP contribution in [0.2, 0.25) is 0 Å². The number of H-pyrrole nitrogens is 2. The van der Waals surface area contributed by atoms with Gasteiger partial charge in [-0.3, -0.25) is 19.3 Å². The first-order valence-electron chi connectivity index (χ1n) is 13.2. The normalized spacial score (nSPS) is 16.3. The highest BCUT2D eigenvalue weighted by molar-refractivity contribution is 6.22. The van der Waals surface area contributed by atoms with Gasteiger partial charge in [-0.15, -0.1) is 0 Å². The summed E-state index contributed by atoms with van der Waals surface area (Å²) in [6.07, 6.45) is 4.25. The number of hydrogen-bond donors (Lipinski definition) is 3. The molecule has 2 aliphatic heterocycles. The van der Waals surface area contributed by atoms with Crippen molar-refractivity contribution in [3.05, 3.63) is 81.5 Å². The molecule has 1 saturated heterocycles. The minimum Gasteiger partial charge on any atom is -0.381 e. The number of rotatable bonds is 8. The lowest BCUT2D eigenvalue weighted by Gasteiger charge is -2.19. The van der Waals surface area contributed by atoms with Gasteiger partial charge in [0.05, 0.1) is 27.8 Å². The lowest BCUT2D eigenvalue weighted by atomic mass is 10.1. The van der Waals surface area contributed by atoms with Crippen LogP contribution < -0.4 is 10.9 Å². The molecule has 10 heteroatoms. The Bertz CT molecular complexity index is 1580. The molecular weight excluding hydrogens is 499 g/mol. The number of halogens is 1. The molecule has 2 aliphatic rings. The lowest BCUT2D eigenvalue weighted by Crippen LogP contribution is -2.37. The molecule has 0 spiro atoms. The summed E-state index contributed by atoms with van der Waals surface area (Å²) in [4.78, 5) is 53.1. The van der Waals surface area contributed by atoms with E-state index in [1.807, 2.05) is 6.92 Å². The number of nitrogens with zero attached hydrogens (tertiary/aromatic N) is 3. The quantitative estimate of drug-likeness (QED) is 0.300. The van der Waals surface area contributed by atoms with Crippen molar-refractivity contribution in [3.63, 3.8) is 0 Å². The minimum absolute atomic E-state index is 0.183. The Labute approximate surface area is 224 Å². The third-order valence-corrected chi connectivity index (χ3v) is 7.49. The van der Waals surface area contributed by atoms with E-state index in [1.54, 1.807) is 36.4 Å². The summed E-state index contributed by atoms with van der Waals surface area (Å²) >= 11 is 0. The van der Waals surface area contributed by atoms with Crippen molar-refractivity contribution in [2.24, 2.45) is 0 Å². The maximum absolute atomic E-state index is 14.2. The number of pyridine rings is 1. The first-order valence-corrected chi connectivity index (χ1v) is 13.2. The number of fused-ring (bicyclic) bond motifs is 2. The molecule has 0 aliphatic carbocycles. The molecule has 9 nitrogen and oxygen atoms in total. The van der Waals surface area contributed by atoms with Gasteiger partial charge in [0, 0.05) is 25.3 Å². The van der Waals surface area contributed by atoms with Crippen molar-refractivity contribution in [2.45, 2.75) is 32.2 Å². The summed E-state index contributed by atoms with van der Waals surface area (Å²) in [5.74, 6) is -0.597. The van der Waals surface area contributed by atoms with Gasteiger partial charge in [0.25, 0.3) is 17.4 Å². The first kappa shape index (κ1) is 25.0. The summed E-state index contributed by atoms with van der Waals surface area (Å²) in [6.45, 7) is 4.94. The molecule has 2 aromatic heterocycles. The number of hydrogen-bond acceptors (Lipinski definition) is 6. The highest BCUT2D eigenvalue weighted by atomic mass is 19.1. The van der Waals surface area contributed by atoms with E-state index in [0.717, 1.165) is 25.9 Å². The number of carbonyl (C=O) groups excluding carboxylic acids is 2. The van der Waals surface area contributed by atoms with Crippen molar-refractivity contribution in [1.29, 1.82) is 0 Å². The maximum atomic E-state index is 14.2. The maximum Gasteiger partial charge on any atom is 0.261 e. The van der Waals surface area contributed by atoms with Gasteiger partial charge in [-0.2, -0.15) is 0 Å². The van der Waals surface area contributed by atoms with Crippen LogP contribution in [0, 0.1) is 5.82 Å². The lowest BCUT2D eigenvalue weighted by molar-refractivity contribution is 0.0640. The second-order valence-electron chi connectivity index (χ2n) is 10.2. The molecule has 1 fully saturated rings. The van der Waals surface area contributed by atoms with Crippen molar-refractivity contribution in [1.82, 2.24) is 24.8 Å². The summed E-state index contributed by atoms with van der Waals surface area (Å²) in [5, 5.41) is 3.31. The highest BCUT2D eigenvalue weighted by Gasteiger charge is 2.36. The molecule has 2 aromatic carbocycles. The largest absolute Gasteiger partial charge is 0.381 e. The third-order valence-electron chi connectivity index (χ3n) is 7.49. The molecule has 3 N–H and O–H groups in total. The van der Waals surface area contributed by atoms with Gasteiger partial charge >= 0.3 is 0 Å². The predicted octanol–water partition coefficient (Wildman–Crippen LogP) is 3.79. The minimum atomic E-state index is -0.357. The van der Waals surface area contributed by atoms with Crippen LogP contribution in [0.25, 0.3) is 22.4 Å². The average Bonchev–Trinajstić information content (AvgIpc) is 3.63. The SMILES string of the molecule is CC(Cc1ccccc1F)Nc1cc[nH]c(=O)c1-c1nc2cc3c(cc2[nH]1)C(=O)N(CCN1CCCC1)C3=O. The van der Waals surface area contributed by atoms with E-state index in [9.17, 15) is 18.8 Å². The molecule has 6 rings (SSSR count). The van der Waals surface area contributed by atoms with Gasteiger partial charge in [-0.1, -0.05) is 18.2 Å². The van der Waals surface area contributed by atoms with E-state index in [4.69, 9.17) is 0 Å². The van der Waals surface area contributed by atoms with Crippen LogP contribution in [0.1, 0.15) is 46.0 Å². The zero-order valence-electron chi connectivity index (χ0n) is 21.6. The molecule has 0 saturated carbocycles. The molecule has 200 valence electrons. The number of amides is 2. The third kappa shape index (κ3) is 4.72. The van der Waals surface area contributed by atoms with E-state index in [-0.39, 0.29) is 29.2 Å². The summed E-state index contributed by atoms with van der Waals surface area (Å²) in [5.41, 5.74) is 2.75. The van der Waals surface area contributed by atoms with Crippen molar-refractivity contribution < 1.29 is 14.0 Å². The zero-order valence-corrected chi connectivity index (χ0v) is 21.6. The smallest absolute Gasteiger partial charge is 0.261 e. The number of imidazole rings is 1. The Hall–Kier alpha value is -4.31. The van der Waals surface area contributed by atoms with E-state index < -0.39 is 0 Å². The van der Waals surface area contributed by atoms with Gasteiger partial charge in [-0.25, -0.2) is 9.37 Å². The summed E-state index contributed by atoms with van der Waals surface area (Å²) in [6, 6.07) is 11.4. The molecule has 0 radical (unpaired) electrons. The van der Waals surface area contributed by atoms with E-state index in [1.165, 1.54) is 17.2 Å². The number of likely N-dealkylation sites (tertiary alicyclic amines) is 1. The van der Waals surface area contributed by atoms with Crippen LogP contribution in [-0.2, 0) is 6.42 Å². The van der Waals surface area contributed by atoms with Crippen LogP contribution in [-0.4, -0.2) is 68.8 Å². The van der Waals surface area contributed by atoms with Crippen molar-refractivity contribution in [3.8, 4) is 11.4 Å². The van der Waals surface area contributed by atoms with Crippen molar-refractivity contribution >= 4 is 28.5 Å². The molecule has 0 bridgehead atoms. The van der Waals surface area contributed by atoms with Gasteiger partial charge in [0.15, 0.2) is 0 Å². The first-order chi connectivity index (χ1) is 18.9. The van der Waals surface area contributed by atoms with Gasteiger partial charge in [0.2, 0.25) is 0 Å². The molecule has 4 aromatic rings. The number of benzene rings is 2. The van der Waals surface area contributed by atoms with E-state index >= 15 is 0 Å². The molecule has 1 unspecified atom stereocenters. The second kappa shape index (κ2) is 10.1. The van der Waals surface area contributed by atoms with Crippen LogP contribution in [0.5, 0.6) is 0 Å². The fraction of sp³-hybridized carbons (Fsp3) is 0.310. The Balaban J connectivity index is 1.27. The molecule has 39 heavy (non-hydrogen) atoms. The molecule has 1 atom stereocenters. The van der Waals surface area contributed by atoms with Crippen LogP contribution in [0.15, 0.2) is 53.5 Å². The molecule has 2 amide bonds. The second-order valence-corrected chi connectivity index (χ2v) is 10.2. The number of anilines is 1. The molecular formula is C29H29FN6O3. The van der Waals surface area contributed by atoms with Gasteiger partial charge < -0.3 is 20.2 Å². The summed E-state index contributed by atoms with van der Waals surface area (Å²) in [7, 11) is 0. The van der Waals surface area contributed by atoms with Gasteiger partial charge in [-0.05, 0) is 69.1 Å². The Morgan fingerprint density at radius 2 is 1.77 bits per heavy atom. The number of aromatic amines is 2. The van der Waals surface area contributed by atoms with Crippen LogP contribution in [0.4, 0.5) is 10.1 Å². The van der Waals surface area contributed by atoms with E-state index in [2.05, 4.69) is 25.2 Å². The fourth-order valence-electron chi connectivity index (χ4n) is 5.51. The Morgan fingerprint density at radius 3 is 2.54 bits per heavy atom. The number of nitrogens with one attached hydrogen (secondary N) is 3.